The lowest BCUT2D eigenvalue weighted by atomic mass is 9.79. The first-order valence-electron chi connectivity index (χ1n) is 9.52. The van der Waals surface area contributed by atoms with Crippen LogP contribution in [0.5, 0.6) is 0 Å². The number of carbonyl (C=O) groups excluding carboxylic acids is 2. The number of ether oxygens (including phenoxy) is 1. The van der Waals surface area contributed by atoms with Crippen LogP contribution in [0.1, 0.15) is 37.0 Å². The molecule has 1 saturated heterocycles. The van der Waals surface area contributed by atoms with E-state index in [1.165, 1.54) is 6.07 Å². The number of benzene rings is 1. The van der Waals surface area contributed by atoms with Crippen molar-refractivity contribution in [1.82, 2.24) is 16.0 Å². The van der Waals surface area contributed by atoms with Crippen molar-refractivity contribution in [3.63, 3.8) is 0 Å². The second-order valence-corrected chi connectivity index (χ2v) is 7.69. The maximum atomic E-state index is 13.9. The van der Waals surface area contributed by atoms with Crippen molar-refractivity contribution < 1.29 is 23.1 Å². The van der Waals surface area contributed by atoms with Crippen molar-refractivity contribution in [3.05, 3.63) is 35.4 Å². The second kappa shape index (κ2) is 9.93. The summed E-state index contributed by atoms with van der Waals surface area (Å²) in [6.45, 7) is 6.14. The molecule has 1 aliphatic heterocycles. The molecule has 0 radical (unpaired) electrons. The third-order valence-corrected chi connectivity index (χ3v) is 5.18. The van der Waals surface area contributed by atoms with Crippen molar-refractivity contribution in [2.24, 2.45) is 11.3 Å². The predicted molar refractivity (Wildman–Crippen MR) is 102 cm³/mol. The maximum Gasteiger partial charge on any atom is 0.257 e. The molecule has 1 heterocycles. The van der Waals surface area contributed by atoms with Crippen molar-refractivity contribution in [2.45, 2.75) is 32.7 Å². The van der Waals surface area contributed by atoms with Gasteiger partial charge in [-0.25, -0.2) is 8.78 Å². The van der Waals surface area contributed by atoms with Crippen molar-refractivity contribution in [2.75, 3.05) is 33.4 Å². The first kappa shape index (κ1) is 22.2. The number of hydrogen-bond donors (Lipinski definition) is 3. The molecule has 2 rings (SSSR count). The standard InChI is InChI=1S/C20H29F2N3O3/c1-13(2)17(25-18(26)16-14(21)5-4-6-15(16)22)19(27)24-11-20(12-28-3)7-9-23-10-8-20/h4-6,13,17,23H,7-12H2,1-3H3,(H,24,27)(H,25,26)/t17-/m0/s1. The lowest BCUT2D eigenvalue weighted by Gasteiger charge is -2.37. The predicted octanol–water partition coefficient (Wildman–Crippen LogP) is 1.85. The molecule has 28 heavy (non-hydrogen) atoms. The summed E-state index contributed by atoms with van der Waals surface area (Å²) in [6, 6.07) is 2.29. The molecule has 0 saturated carbocycles. The average Bonchev–Trinajstić information content (AvgIpc) is 2.65. The molecule has 1 aromatic carbocycles. The van der Waals surface area contributed by atoms with Crippen molar-refractivity contribution in [1.29, 1.82) is 0 Å². The summed E-state index contributed by atoms with van der Waals surface area (Å²) in [7, 11) is 1.63. The van der Waals surface area contributed by atoms with Crippen molar-refractivity contribution >= 4 is 11.8 Å². The Hall–Kier alpha value is -2.06. The number of methoxy groups -OCH3 is 1. The number of rotatable bonds is 8. The molecule has 0 aromatic heterocycles. The Morgan fingerprint density at radius 1 is 1.21 bits per heavy atom. The molecule has 0 unspecified atom stereocenters. The monoisotopic (exact) mass is 397 g/mol. The van der Waals surface area contributed by atoms with Gasteiger partial charge in [0, 0.05) is 19.1 Å². The Balaban J connectivity index is 2.06. The van der Waals surface area contributed by atoms with E-state index in [0.717, 1.165) is 38.1 Å². The topological polar surface area (TPSA) is 79.5 Å². The minimum Gasteiger partial charge on any atom is -0.384 e. The van der Waals surface area contributed by atoms with Crippen LogP contribution in [0.4, 0.5) is 8.78 Å². The van der Waals surface area contributed by atoms with Gasteiger partial charge in [-0.2, -0.15) is 0 Å². The van der Waals surface area contributed by atoms with E-state index in [1.807, 2.05) is 0 Å². The van der Waals surface area contributed by atoms with E-state index in [1.54, 1.807) is 21.0 Å². The first-order chi connectivity index (χ1) is 13.3. The van der Waals surface area contributed by atoms with Crippen LogP contribution in [-0.4, -0.2) is 51.2 Å². The van der Waals surface area contributed by atoms with Gasteiger partial charge in [-0.3, -0.25) is 9.59 Å². The molecule has 0 bridgehead atoms. The number of nitrogens with one attached hydrogen (secondary N) is 3. The molecule has 0 aliphatic carbocycles. The van der Waals surface area contributed by atoms with Crippen LogP contribution < -0.4 is 16.0 Å². The lowest BCUT2D eigenvalue weighted by molar-refractivity contribution is -0.124. The van der Waals surface area contributed by atoms with E-state index >= 15 is 0 Å². The fourth-order valence-corrected chi connectivity index (χ4v) is 3.48. The highest BCUT2D eigenvalue weighted by molar-refractivity contribution is 5.98. The molecule has 1 atom stereocenters. The number of hydrogen-bond acceptors (Lipinski definition) is 4. The van der Waals surface area contributed by atoms with Gasteiger partial charge in [-0.15, -0.1) is 0 Å². The molecule has 1 aliphatic rings. The fraction of sp³-hybridized carbons (Fsp3) is 0.600. The summed E-state index contributed by atoms with van der Waals surface area (Å²) < 4.78 is 33.1. The van der Waals surface area contributed by atoms with Crippen LogP contribution >= 0.6 is 0 Å². The smallest absolute Gasteiger partial charge is 0.257 e. The number of halogens is 2. The SMILES string of the molecule is COCC1(CNC(=O)[C@@H](NC(=O)c2c(F)cccc2F)C(C)C)CCNCC1. The Kier molecular flexibility index (Phi) is 7.88. The van der Waals surface area contributed by atoms with E-state index < -0.39 is 29.1 Å². The maximum absolute atomic E-state index is 13.9. The van der Waals surface area contributed by atoms with Crippen LogP contribution in [0.25, 0.3) is 0 Å². The quantitative estimate of drug-likeness (QED) is 0.626. The van der Waals surface area contributed by atoms with Gasteiger partial charge in [0.05, 0.1) is 6.61 Å². The Morgan fingerprint density at radius 3 is 2.36 bits per heavy atom. The average molecular weight is 397 g/mol. The van der Waals surface area contributed by atoms with Crippen molar-refractivity contribution in [3.8, 4) is 0 Å². The third-order valence-electron chi connectivity index (χ3n) is 5.18. The van der Waals surface area contributed by atoms with E-state index in [-0.39, 0.29) is 17.2 Å². The molecular weight excluding hydrogens is 368 g/mol. The van der Waals surface area contributed by atoms with Gasteiger partial charge in [0.15, 0.2) is 0 Å². The molecular formula is C20H29F2N3O3. The molecule has 8 heteroatoms. The Morgan fingerprint density at radius 2 is 1.82 bits per heavy atom. The second-order valence-electron chi connectivity index (χ2n) is 7.69. The molecule has 6 nitrogen and oxygen atoms in total. The van der Waals surface area contributed by atoms with E-state index in [9.17, 15) is 18.4 Å². The molecule has 3 N–H and O–H groups in total. The van der Waals surface area contributed by atoms with E-state index in [4.69, 9.17) is 4.74 Å². The van der Waals surface area contributed by atoms with Crippen LogP contribution in [-0.2, 0) is 9.53 Å². The summed E-state index contributed by atoms with van der Waals surface area (Å²) in [6.07, 6.45) is 1.72. The minimum absolute atomic E-state index is 0.168. The van der Waals surface area contributed by atoms with Gasteiger partial charge in [0.1, 0.15) is 23.2 Å². The first-order valence-corrected chi connectivity index (χ1v) is 9.52. The zero-order chi connectivity index (χ0) is 20.7. The highest BCUT2D eigenvalue weighted by Crippen LogP contribution is 2.28. The van der Waals surface area contributed by atoms with Crippen LogP contribution in [0.15, 0.2) is 18.2 Å². The zero-order valence-electron chi connectivity index (χ0n) is 16.6. The van der Waals surface area contributed by atoms with Gasteiger partial charge in [-0.05, 0) is 44.0 Å². The summed E-state index contributed by atoms with van der Waals surface area (Å²) in [5.74, 6) is -3.51. The van der Waals surface area contributed by atoms with Gasteiger partial charge < -0.3 is 20.7 Å². The van der Waals surface area contributed by atoms with Gasteiger partial charge in [0.25, 0.3) is 5.91 Å². The van der Waals surface area contributed by atoms with Crippen LogP contribution in [0.2, 0.25) is 0 Å². The van der Waals surface area contributed by atoms with Crippen LogP contribution in [0.3, 0.4) is 0 Å². The number of carbonyl (C=O) groups is 2. The van der Waals surface area contributed by atoms with Gasteiger partial charge in [-0.1, -0.05) is 19.9 Å². The molecule has 1 aromatic rings. The lowest BCUT2D eigenvalue weighted by Crippen LogP contribution is -2.54. The van der Waals surface area contributed by atoms with E-state index in [0.29, 0.717) is 13.2 Å². The summed E-state index contributed by atoms with van der Waals surface area (Å²) in [4.78, 5) is 25.1. The molecule has 156 valence electrons. The Labute approximate surface area is 164 Å². The van der Waals surface area contributed by atoms with E-state index in [2.05, 4.69) is 16.0 Å². The largest absolute Gasteiger partial charge is 0.384 e. The van der Waals surface area contributed by atoms with Gasteiger partial charge >= 0.3 is 0 Å². The summed E-state index contributed by atoms with van der Waals surface area (Å²) in [5, 5.41) is 8.65. The zero-order valence-corrected chi connectivity index (χ0v) is 16.6. The number of amides is 2. The number of piperidine rings is 1. The molecule has 2 amide bonds. The summed E-state index contributed by atoms with van der Waals surface area (Å²) in [5.41, 5.74) is -0.853. The third kappa shape index (κ3) is 5.48. The highest BCUT2D eigenvalue weighted by atomic mass is 19.1. The Bertz CT molecular complexity index is 666. The molecule has 0 spiro atoms. The highest BCUT2D eigenvalue weighted by Gasteiger charge is 2.34. The summed E-state index contributed by atoms with van der Waals surface area (Å²) >= 11 is 0. The van der Waals surface area contributed by atoms with Gasteiger partial charge in [0.2, 0.25) is 5.91 Å². The molecule has 1 fully saturated rings. The minimum atomic E-state index is -0.964. The normalized spacial score (nSPS) is 17.2. The van der Waals surface area contributed by atoms with Crippen LogP contribution in [0, 0.1) is 23.0 Å². The fourth-order valence-electron chi connectivity index (χ4n) is 3.48.